The van der Waals surface area contributed by atoms with E-state index in [4.69, 9.17) is 16.3 Å². The Morgan fingerprint density at radius 3 is 2.71 bits per heavy atom. The molecule has 0 fully saturated rings. The van der Waals surface area contributed by atoms with Gasteiger partial charge in [-0.25, -0.2) is 0 Å². The Morgan fingerprint density at radius 2 is 2.12 bits per heavy atom. The topological polar surface area (TPSA) is 22.1 Å². The summed E-state index contributed by atoms with van der Waals surface area (Å²) in [6, 6.07) is 3.39. The Kier molecular flexibility index (Phi) is 5.39. The monoisotopic (exact) mass is 285 g/mol. The minimum Gasteiger partial charge on any atom is -0.491 e. The van der Waals surface area contributed by atoms with Crippen molar-refractivity contribution in [1.29, 1.82) is 0 Å². The van der Waals surface area contributed by atoms with E-state index in [-0.39, 0.29) is 30.0 Å². The van der Waals surface area contributed by atoms with E-state index < -0.39 is 5.51 Å². The molecule has 17 heavy (non-hydrogen) atoms. The van der Waals surface area contributed by atoms with E-state index in [1.807, 2.05) is 0 Å². The Morgan fingerprint density at radius 1 is 1.41 bits per heavy atom. The molecular formula is C10H11ClF3NOS. The van der Waals surface area contributed by atoms with Crippen LogP contribution in [0.2, 0.25) is 0 Å². The zero-order valence-corrected chi connectivity index (χ0v) is 10.6. The second kappa shape index (κ2) is 6.35. The van der Waals surface area contributed by atoms with Crippen molar-refractivity contribution in [3.63, 3.8) is 0 Å². The Balaban J connectivity index is 2.46. The molecule has 1 rings (SSSR count). The highest BCUT2D eigenvalue weighted by Gasteiger charge is 2.27. The quantitative estimate of drug-likeness (QED) is 0.607. The van der Waals surface area contributed by atoms with Gasteiger partial charge in [-0.05, 0) is 30.8 Å². The molecule has 0 amide bonds. The highest BCUT2D eigenvalue weighted by atomic mass is 35.5. The molecule has 0 bridgehead atoms. The summed E-state index contributed by atoms with van der Waals surface area (Å²) >= 11 is 5.55. The first-order valence-corrected chi connectivity index (χ1v) is 6.30. The van der Waals surface area contributed by atoms with Crippen molar-refractivity contribution >= 4 is 23.4 Å². The van der Waals surface area contributed by atoms with Crippen molar-refractivity contribution in [2.45, 2.75) is 18.3 Å². The molecule has 0 radical (unpaired) electrons. The molecule has 96 valence electrons. The highest BCUT2D eigenvalue weighted by molar-refractivity contribution is 8.00. The normalized spacial score (nSPS) is 11.6. The smallest absolute Gasteiger partial charge is 0.441 e. The average molecular weight is 286 g/mol. The lowest BCUT2D eigenvalue weighted by atomic mass is 10.3. The Bertz CT molecular complexity index is 373. The van der Waals surface area contributed by atoms with Gasteiger partial charge in [-0.15, -0.1) is 11.6 Å². The third-order valence-corrected chi connectivity index (χ3v) is 2.76. The van der Waals surface area contributed by atoms with Crippen molar-refractivity contribution in [3.8, 4) is 5.75 Å². The van der Waals surface area contributed by atoms with Gasteiger partial charge in [0.25, 0.3) is 0 Å². The van der Waals surface area contributed by atoms with Gasteiger partial charge >= 0.3 is 5.51 Å². The number of pyridine rings is 1. The van der Waals surface area contributed by atoms with E-state index in [9.17, 15) is 13.2 Å². The van der Waals surface area contributed by atoms with Crippen LogP contribution in [0.1, 0.15) is 11.4 Å². The number of hydrogen-bond acceptors (Lipinski definition) is 3. The largest absolute Gasteiger partial charge is 0.491 e. The minimum absolute atomic E-state index is 0.0290. The fraction of sp³-hybridized carbons (Fsp3) is 0.500. The summed E-state index contributed by atoms with van der Waals surface area (Å²) in [7, 11) is 0. The lowest BCUT2D eigenvalue weighted by Gasteiger charge is -2.10. The number of aryl methyl sites for hydroxylation is 1. The Labute approximate surface area is 107 Å². The first kappa shape index (κ1) is 14.4. The van der Waals surface area contributed by atoms with Crippen LogP contribution in [0.4, 0.5) is 13.2 Å². The van der Waals surface area contributed by atoms with Crippen LogP contribution in [0.15, 0.2) is 12.1 Å². The van der Waals surface area contributed by atoms with Gasteiger partial charge in [-0.3, -0.25) is 4.98 Å². The van der Waals surface area contributed by atoms with Crippen molar-refractivity contribution < 1.29 is 17.9 Å². The van der Waals surface area contributed by atoms with Gasteiger partial charge < -0.3 is 4.74 Å². The molecule has 0 saturated heterocycles. The van der Waals surface area contributed by atoms with Gasteiger partial charge in [0, 0.05) is 11.4 Å². The molecule has 0 saturated carbocycles. The lowest BCUT2D eigenvalue weighted by Crippen LogP contribution is -2.08. The van der Waals surface area contributed by atoms with Crippen LogP contribution in [-0.2, 0) is 5.88 Å². The van der Waals surface area contributed by atoms with E-state index in [0.717, 1.165) is 5.69 Å². The second-order valence-corrected chi connectivity index (χ2v) is 4.60. The van der Waals surface area contributed by atoms with Crippen LogP contribution in [0.3, 0.4) is 0 Å². The molecule has 0 aliphatic rings. The van der Waals surface area contributed by atoms with Crippen LogP contribution in [-0.4, -0.2) is 22.9 Å². The third-order valence-electron chi connectivity index (χ3n) is 1.80. The molecule has 1 heterocycles. The first-order valence-electron chi connectivity index (χ1n) is 4.78. The van der Waals surface area contributed by atoms with Gasteiger partial charge in [0.2, 0.25) is 0 Å². The number of halogens is 4. The number of nitrogens with zero attached hydrogens (tertiary/aromatic N) is 1. The molecule has 0 aromatic carbocycles. The molecule has 7 heteroatoms. The molecule has 0 N–H and O–H groups in total. The van der Waals surface area contributed by atoms with Crippen molar-refractivity contribution in [2.24, 2.45) is 0 Å². The minimum atomic E-state index is -4.22. The van der Waals surface area contributed by atoms with Gasteiger partial charge in [-0.1, -0.05) is 0 Å². The maximum atomic E-state index is 11.9. The fourth-order valence-electron chi connectivity index (χ4n) is 1.13. The van der Waals surface area contributed by atoms with Crippen LogP contribution >= 0.6 is 23.4 Å². The average Bonchev–Trinajstić information content (AvgIpc) is 2.24. The summed E-state index contributed by atoms with van der Waals surface area (Å²) in [6.45, 7) is 1.78. The lowest BCUT2D eigenvalue weighted by molar-refractivity contribution is -0.0329. The van der Waals surface area contributed by atoms with Crippen LogP contribution in [0, 0.1) is 6.92 Å². The van der Waals surface area contributed by atoms with Gasteiger partial charge in [0.1, 0.15) is 5.75 Å². The van der Waals surface area contributed by atoms with E-state index in [1.165, 1.54) is 0 Å². The number of aromatic nitrogens is 1. The SMILES string of the molecule is Cc1ccc(OCCSC(F)(F)F)c(CCl)n1. The van der Waals surface area contributed by atoms with Crippen LogP contribution in [0.5, 0.6) is 5.75 Å². The molecule has 2 nitrogen and oxygen atoms in total. The molecule has 0 unspecified atom stereocenters. The van der Waals surface area contributed by atoms with Gasteiger partial charge in [0.15, 0.2) is 0 Å². The molecule has 0 spiro atoms. The fourth-order valence-corrected chi connectivity index (χ4v) is 1.72. The molecular weight excluding hydrogens is 275 g/mol. The Hall–Kier alpha value is -0.620. The molecule has 0 atom stereocenters. The number of thioether (sulfide) groups is 1. The third kappa shape index (κ3) is 5.50. The number of alkyl halides is 4. The zero-order valence-electron chi connectivity index (χ0n) is 9.05. The number of ether oxygens (including phenoxy) is 1. The van der Waals surface area contributed by atoms with Gasteiger partial charge in [-0.2, -0.15) is 13.2 Å². The standard InChI is InChI=1S/C10H11ClF3NOS/c1-7-2-3-9(8(6-11)15-7)16-4-5-17-10(12,13)14/h2-3H,4-6H2,1H3. The van der Waals surface area contributed by atoms with Crippen molar-refractivity contribution in [3.05, 3.63) is 23.5 Å². The second-order valence-electron chi connectivity index (χ2n) is 3.17. The summed E-state index contributed by atoms with van der Waals surface area (Å²) in [5.41, 5.74) is -2.88. The van der Waals surface area contributed by atoms with E-state index in [1.54, 1.807) is 19.1 Å². The van der Waals surface area contributed by atoms with Crippen molar-refractivity contribution in [2.75, 3.05) is 12.4 Å². The summed E-state index contributed by atoms with van der Waals surface area (Å²) in [6.07, 6.45) is 0. The summed E-state index contributed by atoms with van der Waals surface area (Å²) in [5.74, 6) is 0.455. The summed E-state index contributed by atoms with van der Waals surface area (Å²) in [4.78, 5) is 4.13. The van der Waals surface area contributed by atoms with Crippen LogP contribution < -0.4 is 4.74 Å². The maximum absolute atomic E-state index is 11.9. The summed E-state index contributed by atoms with van der Waals surface area (Å²) < 4.78 is 40.8. The maximum Gasteiger partial charge on any atom is 0.441 e. The van der Waals surface area contributed by atoms with E-state index in [0.29, 0.717) is 11.4 Å². The molecule has 0 aliphatic carbocycles. The predicted octanol–water partition coefficient (Wildman–Crippen LogP) is 3.76. The summed E-state index contributed by atoms with van der Waals surface area (Å²) in [5, 5.41) is 0. The van der Waals surface area contributed by atoms with Crippen LogP contribution in [0.25, 0.3) is 0 Å². The first-order chi connectivity index (χ1) is 7.92. The predicted molar refractivity (Wildman–Crippen MR) is 62.5 cm³/mol. The number of rotatable bonds is 5. The number of hydrogen-bond donors (Lipinski definition) is 0. The van der Waals surface area contributed by atoms with Crippen molar-refractivity contribution in [1.82, 2.24) is 4.98 Å². The molecule has 0 aliphatic heterocycles. The van der Waals surface area contributed by atoms with Gasteiger partial charge in [0.05, 0.1) is 18.2 Å². The highest BCUT2D eigenvalue weighted by Crippen LogP contribution is 2.30. The molecule has 1 aromatic heterocycles. The van der Waals surface area contributed by atoms with E-state index in [2.05, 4.69) is 4.98 Å². The zero-order chi connectivity index (χ0) is 12.9. The van der Waals surface area contributed by atoms with E-state index >= 15 is 0 Å². The molecule has 1 aromatic rings.